The van der Waals surface area contributed by atoms with E-state index in [9.17, 15) is 0 Å². The number of halogens is 1. The van der Waals surface area contributed by atoms with Gasteiger partial charge in [-0.2, -0.15) is 5.10 Å². The van der Waals surface area contributed by atoms with Crippen LogP contribution in [0.25, 0.3) is 10.9 Å². The molecule has 0 aliphatic heterocycles. The summed E-state index contributed by atoms with van der Waals surface area (Å²) >= 11 is 5.90. The van der Waals surface area contributed by atoms with Crippen molar-refractivity contribution in [3.05, 3.63) is 59.0 Å². The molecule has 22 heavy (non-hydrogen) atoms. The molecule has 0 amide bonds. The lowest BCUT2D eigenvalue weighted by molar-refractivity contribution is -0.0212. The number of pyridine rings is 1. The quantitative estimate of drug-likeness (QED) is 0.739. The van der Waals surface area contributed by atoms with Crippen molar-refractivity contribution in [2.45, 2.75) is 31.5 Å². The number of aromatic nitrogens is 3. The Labute approximate surface area is 133 Å². The number of ether oxygens (including phenoxy) is 1. The first-order chi connectivity index (χ1) is 10.8. The molecule has 112 valence electrons. The molecule has 1 saturated carbocycles. The highest BCUT2D eigenvalue weighted by atomic mass is 35.5. The third-order valence-electron chi connectivity index (χ3n) is 4.25. The second kappa shape index (κ2) is 5.71. The number of H-pyrrole nitrogens is 1. The molecule has 2 heterocycles. The third-order valence-corrected chi connectivity index (χ3v) is 4.46. The summed E-state index contributed by atoms with van der Waals surface area (Å²) in [6.07, 6.45) is 4.14. The molecule has 5 heteroatoms. The minimum atomic E-state index is 0.317. The number of aromatic amines is 1. The molecule has 0 atom stereocenters. The van der Waals surface area contributed by atoms with Crippen molar-refractivity contribution in [2.24, 2.45) is 0 Å². The maximum Gasteiger partial charge on any atom is 0.131 e. The topological polar surface area (TPSA) is 50.8 Å². The Kier molecular flexibility index (Phi) is 3.56. The molecule has 2 aromatic heterocycles. The predicted molar refractivity (Wildman–Crippen MR) is 85.9 cm³/mol. The summed E-state index contributed by atoms with van der Waals surface area (Å²) in [7, 11) is 0. The van der Waals surface area contributed by atoms with E-state index in [1.807, 2.05) is 24.3 Å². The average molecular weight is 314 g/mol. The van der Waals surface area contributed by atoms with Crippen LogP contribution in [0.15, 0.2) is 42.6 Å². The highest BCUT2D eigenvalue weighted by Crippen LogP contribution is 2.40. The standard InChI is InChI=1S/C17H16ClN3O/c18-16-8-15-14(9-19-16)17(21-20-15)12-6-13(7-12)22-10-11-4-2-1-3-5-11/h1-5,8-9,12-13H,6-7,10H2,(H,20,21). The van der Waals surface area contributed by atoms with Gasteiger partial charge in [-0.25, -0.2) is 4.98 Å². The molecule has 0 saturated heterocycles. The molecule has 0 bridgehead atoms. The van der Waals surface area contributed by atoms with Gasteiger partial charge in [0.15, 0.2) is 0 Å². The van der Waals surface area contributed by atoms with Gasteiger partial charge in [0.05, 0.1) is 23.9 Å². The van der Waals surface area contributed by atoms with Gasteiger partial charge in [0, 0.05) is 23.6 Å². The zero-order valence-electron chi connectivity index (χ0n) is 12.0. The molecule has 1 aliphatic rings. The van der Waals surface area contributed by atoms with Crippen molar-refractivity contribution in [1.29, 1.82) is 0 Å². The van der Waals surface area contributed by atoms with E-state index in [-0.39, 0.29) is 0 Å². The lowest BCUT2D eigenvalue weighted by Crippen LogP contribution is -2.30. The van der Waals surface area contributed by atoms with Gasteiger partial charge < -0.3 is 4.74 Å². The molecule has 0 unspecified atom stereocenters. The van der Waals surface area contributed by atoms with Crippen LogP contribution in [-0.2, 0) is 11.3 Å². The number of hydrogen-bond donors (Lipinski definition) is 1. The van der Waals surface area contributed by atoms with Crippen LogP contribution in [0.5, 0.6) is 0 Å². The van der Waals surface area contributed by atoms with Crippen LogP contribution < -0.4 is 0 Å². The van der Waals surface area contributed by atoms with Crippen LogP contribution in [0.4, 0.5) is 0 Å². The summed E-state index contributed by atoms with van der Waals surface area (Å²) in [5, 5.41) is 9.02. The van der Waals surface area contributed by atoms with E-state index in [1.54, 1.807) is 6.20 Å². The van der Waals surface area contributed by atoms with Crippen molar-refractivity contribution in [2.75, 3.05) is 0 Å². The molecule has 1 N–H and O–H groups in total. The summed E-state index contributed by atoms with van der Waals surface area (Å²) in [6.45, 7) is 0.677. The molecule has 1 fully saturated rings. The van der Waals surface area contributed by atoms with E-state index in [0.717, 1.165) is 29.4 Å². The smallest absolute Gasteiger partial charge is 0.131 e. The number of nitrogens with one attached hydrogen (secondary N) is 1. The first-order valence-electron chi connectivity index (χ1n) is 7.44. The van der Waals surface area contributed by atoms with Crippen LogP contribution >= 0.6 is 11.6 Å². The number of fused-ring (bicyclic) bond motifs is 1. The van der Waals surface area contributed by atoms with E-state index < -0.39 is 0 Å². The van der Waals surface area contributed by atoms with Crippen molar-refractivity contribution in [3.63, 3.8) is 0 Å². The highest BCUT2D eigenvalue weighted by molar-refractivity contribution is 6.30. The zero-order chi connectivity index (χ0) is 14.9. The number of rotatable bonds is 4. The fraction of sp³-hybridized carbons (Fsp3) is 0.294. The van der Waals surface area contributed by atoms with Crippen molar-refractivity contribution < 1.29 is 4.74 Å². The van der Waals surface area contributed by atoms with Crippen LogP contribution in [-0.4, -0.2) is 21.3 Å². The molecule has 1 aliphatic carbocycles. The van der Waals surface area contributed by atoms with Gasteiger partial charge in [-0.15, -0.1) is 0 Å². The first-order valence-corrected chi connectivity index (χ1v) is 7.82. The molecule has 0 radical (unpaired) electrons. The van der Waals surface area contributed by atoms with Gasteiger partial charge in [0.25, 0.3) is 0 Å². The Hall–Kier alpha value is -1.91. The molecule has 4 nitrogen and oxygen atoms in total. The second-order valence-corrected chi connectivity index (χ2v) is 6.14. The third kappa shape index (κ3) is 2.60. The minimum Gasteiger partial charge on any atom is -0.373 e. The molecular formula is C17H16ClN3O. The van der Waals surface area contributed by atoms with E-state index >= 15 is 0 Å². The van der Waals surface area contributed by atoms with Crippen LogP contribution in [0, 0.1) is 0 Å². The Morgan fingerprint density at radius 1 is 1.23 bits per heavy atom. The van der Waals surface area contributed by atoms with Crippen LogP contribution in [0.2, 0.25) is 5.15 Å². The van der Waals surface area contributed by atoms with Crippen LogP contribution in [0.1, 0.15) is 30.0 Å². The van der Waals surface area contributed by atoms with E-state index in [4.69, 9.17) is 16.3 Å². The zero-order valence-corrected chi connectivity index (χ0v) is 12.8. The van der Waals surface area contributed by atoms with E-state index in [1.165, 1.54) is 5.56 Å². The SMILES string of the molecule is Clc1cc2[nH]nc(C3CC(OCc4ccccc4)C3)c2cn1. The van der Waals surface area contributed by atoms with Crippen molar-refractivity contribution >= 4 is 22.5 Å². The van der Waals surface area contributed by atoms with Crippen LogP contribution in [0.3, 0.4) is 0 Å². The van der Waals surface area contributed by atoms with Gasteiger partial charge in [0.1, 0.15) is 5.15 Å². The fourth-order valence-electron chi connectivity index (χ4n) is 2.93. The largest absolute Gasteiger partial charge is 0.373 e. The first kappa shape index (κ1) is 13.7. The summed E-state index contributed by atoms with van der Waals surface area (Å²) < 4.78 is 5.95. The Morgan fingerprint density at radius 2 is 2.05 bits per heavy atom. The molecule has 0 spiro atoms. The second-order valence-electron chi connectivity index (χ2n) is 5.75. The average Bonchev–Trinajstić information content (AvgIpc) is 2.89. The van der Waals surface area contributed by atoms with Gasteiger partial charge in [-0.1, -0.05) is 41.9 Å². The summed E-state index contributed by atoms with van der Waals surface area (Å²) in [5.41, 5.74) is 3.25. The Morgan fingerprint density at radius 3 is 2.86 bits per heavy atom. The van der Waals surface area contributed by atoms with Crippen molar-refractivity contribution in [1.82, 2.24) is 15.2 Å². The lowest BCUT2D eigenvalue weighted by Gasteiger charge is -2.34. The lowest BCUT2D eigenvalue weighted by atomic mass is 9.79. The highest BCUT2D eigenvalue weighted by Gasteiger charge is 2.33. The van der Waals surface area contributed by atoms with Gasteiger partial charge >= 0.3 is 0 Å². The van der Waals surface area contributed by atoms with Gasteiger partial charge in [-0.05, 0) is 18.4 Å². The maximum atomic E-state index is 5.95. The predicted octanol–water partition coefficient (Wildman–Crippen LogP) is 4.07. The molecule has 3 aromatic rings. The number of benzene rings is 1. The molecular weight excluding hydrogens is 298 g/mol. The van der Waals surface area contributed by atoms with E-state index in [2.05, 4.69) is 27.3 Å². The number of nitrogens with zero attached hydrogens (tertiary/aromatic N) is 2. The minimum absolute atomic E-state index is 0.317. The summed E-state index contributed by atoms with van der Waals surface area (Å²) in [6, 6.07) is 12.1. The molecule has 1 aromatic carbocycles. The van der Waals surface area contributed by atoms with E-state index in [0.29, 0.717) is 23.8 Å². The Balaban J connectivity index is 1.38. The monoisotopic (exact) mass is 313 g/mol. The maximum absolute atomic E-state index is 5.95. The summed E-state index contributed by atoms with van der Waals surface area (Å²) in [4.78, 5) is 4.15. The molecule has 4 rings (SSSR count). The van der Waals surface area contributed by atoms with Gasteiger partial charge in [-0.3, -0.25) is 5.10 Å². The normalized spacial score (nSPS) is 21.0. The van der Waals surface area contributed by atoms with Gasteiger partial charge in [0.2, 0.25) is 0 Å². The summed E-state index contributed by atoms with van der Waals surface area (Å²) in [5.74, 6) is 0.442. The van der Waals surface area contributed by atoms with Crippen molar-refractivity contribution in [3.8, 4) is 0 Å². The fourth-order valence-corrected chi connectivity index (χ4v) is 3.09. The number of hydrogen-bond acceptors (Lipinski definition) is 3. The Bertz CT molecular complexity index is 781.